The summed E-state index contributed by atoms with van der Waals surface area (Å²) in [6, 6.07) is 4.62. The van der Waals surface area contributed by atoms with Crippen LogP contribution in [0.2, 0.25) is 0 Å². The Morgan fingerprint density at radius 2 is 2.08 bits per heavy atom. The van der Waals surface area contributed by atoms with Crippen molar-refractivity contribution in [2.45, 2.75) is 24.9 Å². The van der Waals surface area contributed by atoms with E-state index in [1.807, 2.05) is 0 Å². The molecule has 2 unspecified atom stereocenters. The van der Waals surface area contributed by atoms with Crippen LogP contribution in [0.3, 0.4) is 0 Å². The van der Waals surface area contributed by atoms with Crippen LogP contribution in [0.25, 0.3) is 0 Å². The van der Waals surface area contributed by atoms with Gasteiger partial charge in [0.15, 0.2) is 0 Å². The monoisotopic (exact) mass is 180 g/mol. The lowest BCUT2D eigenvalue weighted by atomic mass is 9.85. The van der Waals surface area contributed by atoms with E-state index in [1.54, 1.807) is 12.1 Å². The lowest BCUT2D eigenvalue weighted by Gasteiger charge is -2.28. The molecule has 3 heteroatoms. The van der Waals surface area contributed by atoms with E-state index in [1.165, 1.54) is 6.07 Å². The number of rotatable bonds is 0. The Hall–Kier alpha value is -0.930. The summed E-state index contributed by atoms with van der Waals surface area (Å²) in [7, 11) is 0. The second kappa shape index (κ2) is 3.09. The normalized spacial score (nSPS) is 27.0. The maximum atomic E-state index is 12.8. The minimum Gasteiger partial charge on any atom is -0.326 e. The first-order valence-corrected chi connectivity index (χ1v) is 4.48. The summed E-state index contributed by atoms with van der Waals surface area (Å²) in [5.74, 6) is -0.193. The highest BCUT2D eigenvalue weighted by Crippen LogP contribution is 2.27. The molecule has 0 heterocycles. The molecule has 0 radical (unpaired) electrons. The summed E-state index contributed by atoms with van der Waals surface area (Å²) in [6.07, 6.45) is 1.68. The summed E-state index contributed by atoms with van der Waals surface area (Å²) in [5, 5.41) is 0. The van der Waals surface area contributed by atoms with Gasteiger partial charge in [0.1, 0.15) is 5.82 Å². The van der Waals surface area contributed by atoms with Crippen LogP contribution in [0.1, 0.15) is 23.6 Å². The summed E-state index contributed by atoms with van der Waals surface area (Å²) < 4.78 is 12.8. The molecule has 1 aromatic carbocycles. The van der Waals surface area contributed by atoms with Crippen LogP contribution in [-0.2, 0) is 6.42 Å². The summed E-state index contributed by atoms with van der Waals surface area (Å²) >= 11 is 0. The Morgan fingerprint density at radius 1 is 1.31 bits per heavy atom. The van der Waals surface area contributed by atoms with Gasteiger partial charge in [-0.1, -0.05) is 6.07 Å². The molecule has 2 rings (SSSR count). The fraction of sp³-hybridized carbons (Fsp3) is 0.400. The third-order valence-corrected chi connectivity index (χ3v) is 2.67. The van der Waals surface area contributed by atoms with E-state index in [4.69, 9.17) is 11.5 Å². The first-order chi connectivity index (χ1) is 6.18. The predicted octanol–water partition coefficient (Wildman–Crippen LogP) is 1.10. The second-order valence-electron chi connectivity index (χ2n) is 3.57. The number of benzene rings is 1. The van der Waals surface area contributed by atoms with Gasteiger partial charge in [0.25, 0.3) is 0 Å². The smallest absolute Gasteiger partial charge is 0.123 e. The van der Waals surface area contributed by atoms with Crippen LogP contribution in [0.15, 0.2) is 18.2 Å². The average Bonchev–Trinajstić information content (AvgIpc) is 2.12. The van der Waals surface area contributed by atoms with Gasteiger partial charge < -0.3 is 11.5 Å². The van der Waals surface area contributed by atoms with Crippen molar-refractivity contribution in [3.8, 4) is 0 Å². The van der Waals surface area contributed by atoms with Gasteiger partial charge in [-0.25, -0.2) is 4.39 Å². The number of fused-ring (bicyclic) bond motifs is 1. The van der Waals surface area contributed by atoms with Gasteiger partial charge in [-0.2, -0.15) is 0 Å². The zero-order chi connectivity index (χ0) is 9.42. The summed E-state index contributed by atoms with van der Waals surface area (Å²) in [6.45, 7) is 0. The van der Waals surface area contributed by atoms with Crippen molar-refractivity contribution in [2.24, 2.45) is 11.5 Å². The van der Waals surface area contributed by atoms with E-state index < -0.39 is 0 Å². The zero-order valence-electron chi connectivity index (χ0n) is 7.33. The van der Waals surface area contributed by atoms with Crippen LogP contribution in [0.5, 0.6) is 0 Å². The van der Waals surface area contributed by atoms with Crippen molar-refractivity contribution >= 4 is 0 Å². The van der Waals surface area contributed by atoms with Crippen molar-refractivity contribution in [1.29, 1.82) is 0 Å². The van der Waals surface area contributed by atoms with Gasteiger partial charge in [-0.15, -0.1) is 0 Å². The average molecular weight is 180 g/mol. The maximum Gasteiger partial charge on any atom is 0.123 e. The van der Waals surface area contributed by atoms with Gasteiger partial charge in [0.05, 0.1) is 0 Å². The molecule has 0 amide bonds. The predicted molar refractivity (Wildman–Crippen MR) is 49.6 cm³/mol. The molecule has 13 heavy (non-hydrogen) atoms. The lowest BCUT2D eigenvalue weighted by Crippen LogP contribution is -2.38. The first-order valence-electron chi connectivity index (χ1n) is 4.48. The molecular weight excluding hydrogens is 167 g/mol. The van der Waals surface area contributed by atoms with E-state index in [0.29, 0.717) is 0 Å². The van der Waals surface area contributed by atoms with Crippen molar-refractivity contribution in [3.05, 3.63) is 35.1 Å². The quantitative estimate of drug-likeness (QED) is 0.628. The van der Waals surface area contributed by atoms with Crippen molar-refractivity contribution in [3.63, 3.8) is 0 Å². The minimum atomic E-state index is -0.193. The Balaban J connectivity index is 2.44. The van der Waals surface area contributed by atoms with E-state index in [-0.39, 0.29) is 17.9 Å². The van der Waals surface area contributed by atoms with Crippen molar-refractivity contribution in [2.75, 3.05) is 0 Å². The molecule has 4 N–H and O–H groups in total. The topological polar surface area (TPSA) is 52.0 Å². The molecule has 0 spiro atoms. The van der Waals surface area contributed by atoms with E-state index in [2.05, 4.69) is 0 Å². The molecule has 1 aromatic rings. The molecule has 70 valence electrons. The molecule has 0 saturated carbocycles. The van der Waals surface area contributed by atoms with Gasteiger partial charge >= 0.3 is 0 Å². The SMILES string of the molecule is NC1CCc2cc(F)ccc2C1N. The number of aryl methyl sites for hydroxylation is 1. The molecule has 0 bridgehead atoms. The van der Waals surface area contributed by atoms with Crippen LogP contribution in [0.4, 0.5) is 4.39 Å². The molecule has 1 aliphatic carbocycles. The molecule has 0 saturated heterocycles. The van der Waals surface area contributed by atoms with Gasteiger partial charge in [-0.05, 0) is 36.1 Å². The van der Waals surface area contributed by atoms with Gasteiger partial charge in [0, 0.05) is 12.1 Å². The Kier molecular flexibility index (Phi) is 2.06. The maximum absolute atomic E-state index is 12.8. The number of hydrogen-bond donors (Lipinski definition) is 2. The van der Waals surface area contributed by atoms with Gasteiger partial charge in [-0.3, -0.25) is 0 Å². The van der Waals surface area contributed by atoms with Crippen molar-refractivity contribution in [1.82, 2.24) is 0 Å². The van der Waals surface area contributed by atoms with Gasteiger partial charge in [0.2, 0.25) is 0 Å². The first kappa shape index (κ1) is 8.66. The molecule has 0 aromatic heterocycles. The Labute approximate surface area is 76.7 Å². The standard InChI is InChI=1S/C10H13FN2/c11-7-2-3-8-6(5-7)1-4-9(12)10(8)13/h2-3,5,9-10H,1,4,12-13H2. The molecule has 0 fully saturated rings. The highest BCUT2D eigenvalue weighted by Gasteiger charge is 2.23. The van der Waals surface area contributed by atoms with Crippen LogP contribution in [-0.4, -0.2) is 6.04 Å². The minimum absolute atomic E-state index is 0.0120. The molecule has 1 aliphatic rings. The highest BCUT2D eigenvalue weighted by atomic mass is 19.1. The summed E-state index contributed by atoms with van der Waals surface area (Å²) in [4.78, 5) is 0. The highest BCUT2D eigenvalue weighted by molar-refractivity contribution is 5.34. The fourth-order valence-corrected chi connectivity index (χ4v) is 1.85. The largest absolute Gasteiger partial charge is 0.326 e. The second-order valence-corrected chi connectivity index (χ2v) is 3.57. The fourth-order valence-electron chi connectivity index (χ4n) is 1.85. The van der Waals surface area contributed by atoms with Crippen LogP contribution >= 0.6 is 0 Å². The van der Waals surface area contributed by atoms with E-state index in [0.717, 1.165) is 24.0 Å². The molecular formula is C10H13FN2. The third-order valence-electron chi connectivity index (χ3n) is 2.67. The molecule has 2 atom stereocenters. The Bertz CT molecular complexity index is 325. The number of nitrogens with two attached hydrogens (primary N) is 2. The zero-order valence-corrected chi connectivity index (χ0v) is 7.33. The molecule has 0 aliphatic heterocycles. The van der Waals surface area contributed by atoms with Crippen LogP contribution < -0.4 is 11.5 Å². The van der Waals surface area contributed by atoms with E-state index in [9.17, 15) is 4.39 Å². The number of hydrogen-bond acceptors (Lipinski definition) is 2. The van der Waals surface area contributed by atoms with Crippen LogP contribution in [0, 0.1) is 5.82 Å². The van der Waals surface area contributed by atoms with E-state index >= 15 is 0 Å². The Morgan fingerprint density at radius 3 is 2.85 bits per heavy atom. The molecule has 2 nitrogen and oxygen atoms in total. The lowest BCUT2D eigenvalue weighted by molar-refractivity contribution is 0.478. The van der Waals surface area contributed by atoms with Crippen molar-refractivity contribution < 1.29 is 4.39 Å². The number of halogens is 1. The third kappa shape index (κ3) is 1.45. The summed E-state index contributed by atoms with van der Waals surface area (Å²) in [5.41, 5.74) is 13.7.